The second-order valence-corrected chi connectivity index (χ2v) is 15.6. The number of rotatable bonds is 12. The fraction of sp³-hybridized carbons (Fsp3) is 0.265. The first-order valence-corrected chi connectivity index (χ1v) is 19.1. The van der Waals surface area contributed by atoms with Crippen LogP contribution in [0, 0.1) is 13.8 Å². The van der Waals surface area contributed by atoms with E-state index in [2.05, 4.69) is 9.97 Å². The Morgan fingerprint density at radius 1 is 0.863 bits per heavy atom. The number of hydrogen-bond acceptors (Lipinski definition) is 13. The molecule has 268 valence electrons. The Kier molecular flexibility index (Phi) is 10.4. The van der Waals surface area contributed by atoms with Crippen LogP contribution in [0.25, 0.3) is 0 Å². The van der Waals surface area contributed by atoms with Crippen molar-refractivity contribution >= 4 is 60.9 Å². The highest BCUT2D eigenvalue weighted by atomic mass is 35.5. The molecule has 2 aliphatic heterocycles. The van der Waals surface area contributed by atoms with Crippen molar-refractivity contribution in [1.29, 1.82) is 0 Å². The monoisotopic (exact) mass is 774 g/mol. The summed E-state index contributed by atoms with van der Waals surface area (Å²) in [4.78, 5) is 23.9. The summed E-state index contributed by atoms with van der Waals surface area (Å²) in [7, 11) is -8.89. The lowest BCUT2D eigenvalue weighted by Gasteiger charge is -2.36. The molecule has 1 aromatic heterocycles. The third kappa shape index (κ3) is 7.46. The molecule has 51 heavy (non-hydrogen) atoms. The minimum atomic E-state index is -4.45. The van der Waals surface area contributed by atoms with Gasteiger partial charge in [-0.25, -0.2) is 9.78 Å². The molecule has 0 bridgehead atoms. The lowest BCUT2D eigenvalue weighted by atomic mass is 10.0. The van der Waals surface area contributed by atoms with Crippen LogP contribution in [-0.2, 0) is 42.9 Å². The number of anilines is 2. The average molecular weight is 776 g/mol. The van der Waals surface area contributed by atoms with Crippen LogP contribution < -0.4 is 9.80 Å². The molecule has 13 nitrogen and oxygen atoms in total. The maximum Gasteiger partial charge on any atom is 0.332 e. The number of aryl methyl sites for hydroxylation is 2. The molecule has 2 aliphatic rings. The number of carbonyl (C=O) groups excluding carboxylic acids is 1. The molecule has 2 atom stereocenters. The normalized spacial score (nSPS) is 18.2. The highest BCUT2D eigenvalue weighted by Gasteiger charge is 2.63. The molecule has 3 heterocycles. The van der Waals surface area contributed by atoms with E-state index in [9.17, 15) is 21.6 Å². The fourth-order valence-electron chi connectivity index (χ4n) is 5.75. The zero-order chi connectivity index (χ0) is 36.6. The van der Waals surface area contributed by atoms with Crippen LogP contribution in [0.2, 0.25) is 10.4 Å². The smallest absolute Gasteiger partial charge is 0.332 e. The summed E-state index contributed by atoms with van der Waals surface area (Å²) in [6, 6.07) is 20.8. The first kappa shape index (κ1) is 36.7. The van der Waals surface area contributed by atoms with Crippen LogP contribution in [-0.4, -0.2) is 64.4 Å². The van der Waals surface area contributed by atoms with Crippen molar-refractivity contribution in [2.45, 2.75) is 48.6 Å². The van der Waals surface area contributed by atoms with E-state index in [4.69, 9.17) is 41.0 Å². The molecular weight excluding hydrogens is 743 g/mol. The lowest BCUT2D eigenvalue weighted by molar-refractivity contribution is -0.137. The number of esters is 1. The number of benzene rings is 3. The summed E-state index contributed by atoms with van der Waals surface area (Å²) in [6.07, 6.45) is 0.176. The van der Waals surface area contributed by atoms with E-state index >= 15 is 0 Å². The van der Waals surface area contributed by atoms with Gasteiger partial charge in [0.15, 0.2) is 22.8 Å². The Balaban J connectivity index is 1.52. The minimum absolute atomic E-state index is 0.0910. The molecule has 0 spiro atoms. The van der Waals surface area contributed by atoms with Crippen LogP contribution in [0.3, 0.4) is 0 Å². The van der Waals surface area contributed by atoms with Gasteiger partial charge < -0.3 is 19.3 Å². The quantitative estimate of drug-likeness (QED) is 0.0568. The lowest BCUT2D eigenvalue weighted by Crippen LogP contribution is -2.57. The van der Waals surface area contributed by atoms with E-state index in [-0.39, 0.29) is 38.3 Å². The van der Waals surface area contributed by atoms with Crippen molar-refractivity contribution in [2.24, 2.45) is 0 Å². The van der Waals surface area contributed by atoms with Crippen LogP contribution in [0.15, 0.2) is 101 Å². The number of halogens is 2. The van der Waals surface area contributed by atoms with Gasteiger partial charge >= 0.3 is 5.97 Å². The largest absolute Gasteiger partial charge is 0.463 e. The zero-order valence-electron chi connectivity index (χ0n) is 27.5. The maximum atomic E-state index is 13.6. The van der Waals surface area contributed by atoms with Crippen molar-refractivity contribution in [3.8, 4) is 0 Å². The molecule has 17 heteroatoms. The summed E-state index contributed by atoms with van der Waals surface area (Å²) in [5, 5.41) is -0.322. The Labute approximate surface area is 305 Å². The molecular formula is C34H32Cl2N4O9S2. The first-order chi connectivity index (χ1) is 24.2. The maximum absolute atomic E-state index is 13.6. The molecule has 2 unspecified atom stereocenters. The standard InChI is InChI=1S/C34H32Cl2N4O9S2/c1-4-46-27(41)18-19-39-30-28(29(35)37-33(36)38-30)40-31(24-8-6-5-7-9-24)49-34(32(39)40,20-47-50(42,43)25-14-10-22(2)11-15-25)21-48-51(44,45)26-16-12-23(3)13-17-26/h5-19,31-32H,4,20-21H2,1-3H3/b19-18+. The van der Waals surface area contributed by atoms with E-state index in [0.717, 1.165) is 17.2 Å². The van der Waals surface area contributed by atoms with Gasteiger partial charge in [0.1, 0.15) is 25.1 Å². The molecule has 0 amide bonds. The van der Waals surface area contributed by atoms with Crippen molar-refractivity contribution in [3.05, 3.63) is 118 Å². The Bertz CT molecular complexity index is 2090. The minimum Gasteiger partial charge on any atom is -0.463 e. The Hall–Kier alpha value is -4.09. The Morgan fingerprint density at radius 3 is 1.94 bits per heavy atom. The van der Waals surface area contributed by atoms with Crippen LogP contribution in [0.4, 0.5) is 11.5 Å². The van der Waals surface area contributed by atoms with Gasteiger partial charge in [-0.05, 0) is 56.6 Å². The van der Waals surface area contributed by atoms with E-state index < -0.39 is 57.4 Å². The second-order valence-electron chi connectivity index (χ2n) is 11.7. The van der Waals surface area contributed by atoms with E-state index in [0.29, 0.717) is 5.56 Å². The van der Waals surface area contributed by atoms with Gasteiger partial charge in [0.25, 0.3) is 20.2 Å². The molecule has 1 fully saturated rings. The van der Waals surface area contributed by atoms with Gasteiger partial charge in [0, 0.05) is 17.8 Å². The zero-order valence-corrected chi connectivity index (χ0v) is 30.6. The molecule has 0 radical (unpaired) electrons. The van der Waals surface area contributed by atoms with E-state index in [1.54, 1.807) is 80.3 Å². The third-order valence-electron chi connectivity index (χ3n) is 8.17. The van der Waals surface area contributed by atoms with Gasteiger partial charge in [0.2, 0.25) is 5.28 Å². The molecule has 4 aromatic rings. The number of hydrogen-bond donors (Lipinski definition) is 0. The average Bonchev–Trinajstić information content (AvgIpc) is 3.60. The van der Waals surface area contributed by atoms with Crippen molar-refractivity contribution in [3.63, 3.8) is 0 Å². The van der Waals surface area contributed by atoms with Crippen molar-refractivity contribution < 1.29 is 39.5 Å². The first-order valence-electron chi connectivity index (χ1n) is 15.5. The van der Waals surface area contributed by atoms with Crippen LogP contribution in [0.5, 0.6) is 0 Å². The van der Waals surface area contributed by atoms with Crippen molar-refractivity contribution in [2.75, 3.05) is 29.6 Å². The van der Waals surface area contributed by atoms with Gasteiger partial charge in [-0.2, -0.15) is 21.8 Å². The number of carbonyl (C=O) groups is 1. The molecule has 1 saturated heterocycles. The highest BCUT2D eigenvalue weighted by molar-refractivity contribution is 7.87. The highest BCUT2D eigenvalue weighted by Crippen LogP contribution is 2.56. The van der Waals surface area contributed by atoms with Gasteiger partial charge in [-0.3, -0.25) is 8.37 Å². The molecule has 6 rings (SSSR count). The second kappa shape index (κ2) is 14.5. The number of aromatic nitrogens is 2. The molecule has 0 aliphatic carbocycles. The summed E-state index contributed by atoms with van der Waals surface area (Å²) >= 11 is 13.0. The number of fused-ring (bicyclic) bond motifs is 3. The topological polar surface area (TPSA) is 155 Å². The molecule has 3 aromatic carbocycles. The van der Waals surface area contributed by atoms with Gasteiger partial charge in [-0.15, -0.1) is 0 Å². The van der Waals surface area contributed by atoms with E-state index in [1.807, 2.05) is 0 Å². The summed E-state index contributed by atoms with van der Waals surface area (Å²) in [5.74, 6) is -0.591. The van der Waals surface area contributed by atoms with Gasteiger partial charge in [0.05, 0.1) is 16.4 Å². The SMILES string of the molecule is CCOC(=O)/C=C/N1c2nc(Cl)nc(Cl)c2N2C(c3ccccc3)OC(COS(=O)(=O)c3ccc(C)cc3)(COS(=O)(=O)c3ccc(C)cc3)C12. The number of nitrogens with zero attached hydrogens (tertiary/aromatic N) is 4. The summed E-state index contributed by atoms with van der Waals surface area (Å²) in [5.41, 5.74) is 0.458. The molecule has 0 saturated carbocycles. The fourth-order valence-corrected chi connectivity index (χ4v) is 8.14. The molecule has 0 N–H and O–H groups in total. The predicted octanol–water partition coefficient (Wildman–Crippen LogP) is 5.71. The predicted molar refractivity (Wildman–Crippen MR) is 188 cm³/mol. The van der Waals surface area contributed by atoms with Gasteiger partial charge in [-0.1, -0.05) is 77.3 Å². The van der Waals surface area contributed by atoms with Crippen LogP contribution >= 0.6 is 23.2 Å². The summed E-state index contributed by atoms with van der Waals surface area (Å²) < 4.78 is 77.7. The Morgan fingerprint density at radius 2 is 1.41 bits per heavy atom. The van der Waals surface area contributed by atoms with Crippen LogP contribution in [0.1, 0.15) is 29.8 Å². The third-order valence-corrected chi connectivity index (χ3v) is 11.2. The van der Waals surface area contributed by atoms with Crippen molar-refractivity contribution in [1.82, 2.24) is 9.97 Å². The summed E-state index contributed by atoms with van der Waals surface area (Å²) in [6.45, 7) is 3.80. The number of ether oxygens (including phenoxy) is 2. The van der Waals surface area contributed by atoms with E-state index in [1.165, 1.54) is 35.4 Å².